The van der Waals surface area contributed by atoms with E-state index in [9.17, 15) is 4.39 Å². The van der Waals surface area contributed by atoms with Gasteiger partial charge in [-0.15, -0.1) is 11.3 Å². The van der Waals surface area contributed by atoms with Crippen molar-refractivity contribution in [2.45, 2.75) is 11.2 Å². The van der Waals surface area contributed by atoms with E-state index in [1.807, 2.05) is 12.1 Å². The maximum Gasteiger partial charge on any atom is 0.126 e. The van der Waals surface area contributed by atoms with Gasteiger partial charge < -0.3 is 0 Å². The van der Waals surface area contributed by atoms with E-state index in [0.29, 0.717) is 6.42 Å². The van der Waals surface area contributed by atoms with Gasteiger partial charge in [0.2, 0.25) is 0 Å². The Morgan fingerprint density at radius 1 is 1.24 bits per heavy atom. The van der Waals surface area contributed by atoms with Crippen molar-refractivity contribution in [3.05, 3.63) is 54.8 Å². The molecule has 0 saturated heterocycles. The minimum atomic E-state index is -0.151. The van der Waals surface area contributed by atoms with Gasteiger partial charge in [-0.25, -0.2) is 4.39 Å². The highest BCUT2D eigenvalue weighted by Gasteiger charge is 2.16. The quantitative estimate of drug-likeness (QED) is 0.504. The number of hydrogen-bond acceptors (Lipinski definition) is 1. The molecule has 1 unspecified atom stereocenters. The van der Waals surface area contributed by atoms with Gasteiger partial charge in [0.05, 0.1) is 7.57 Å². The highest BCUT2D eigenvalue weighted by atomic mass is 79.9. The van der Waals surface area contributed by atoms with Gasteiger partial charge in [-0.1, -0.05) is 34.1 Å². The second-order valence-electron chi connectivity index (χ2n) is 3.54. The number of thiophene rings is 1. The minimum absolute atomic E-state index is 0.108. The van der Waals surface area contributed by atoms with Gasteiger partial charge in [0, 0.05) is 4.83 Å². The lowest BCUT2D eigenvalue weighted by Gasteiger charge is -2.09. The first kappa shape index (κ1) is 13.7. The Labute approximate surface area is 129 Å². The Morgan fingerprint density at radius 3 is 2.53 bits per heavy atom. The predicted octanol–water partition coefficient (Wildman–Crippen LogP) is 6.09. The molecule has 1 heterocycles. The van der Waals surface area contributed by atoms with Gasteiger partial charge in [0.1, 0.15) is 5.82 Å². The van der Waals surface area contributed by atoms with E-state index in [-0.39, 0.29) is 10.6 Å². The molecule has 0 radical (unpaired) electrons. The average Bonchev–Trinajstić information content (AvgIpc) is 2.61. The summed E-state index contributed by atoms with van der Waals surface area (Å²) in [7, 11) is 0. The Kier molecular flexibility index (Phi) is 4.80. The van der Waals surface area contributed by atoms with E-state index in [2.05, 4.69) is 53.9 Å². The number of rotatable bonds is 3. The lowest BCUT2D eigenvalue weighted by Crippen LogP contribution is -1.97. The summed E-state index contributed by atoms with van der Waals surface area (Å²) in [5.74, 6) is -0.151. The van der Waals surface area contributed by atoms with Crippen LogP contribution < -0.4 is 0 Å². The smallest absolute Gasteiger partial charge is 0.126 e. The molecule has 0 aliphatic carbocycles. The van der Waals surface area contributed by atoms with Gasteiger partial charge in [-0.3, -0.25) is 0 Å². The van der Waals surface area contributed by atoms with Gasteiger partial charge in [0.25, 0.3) is 0 Å². The van der Waals surface area contributed by atoms with Crippen molar-refractivity contribution in [2.24, 2.45) is 0 Å². The van der Waals surface area contributed by atoms with Crippen LogP contribution in [0.1, 0.15) is 16.0 Å². The SMILES string of the molecule is Fc1ccccc1CC(Br)c1cc(Br)sc1Br. The molecule has 1 atom stereocenters. The first-order chi connectivity index (χ1) is 8.08. The topological polar surface area (TPSA) is 0 Å². The molecule has 0 aliphatic rings. The van der Waals surface area contributed by atoms with Crippen molar-refractivity contribution in [1.29, 1.82) is 0 Å². The molecule has 5 heteroatoms. The number of hydrogen-bond donors (Lipinski definition) is 0. The van der Waals surface area contributed by atoms with Crippen LogP contribution in [0.2, 0.25) is 0 Å². The van der Waals surface area contributed by atoms with E-state index in [1.165, 1.54) is 6.07 Å². The summed E-state index contributed by atoms with van der Waals surface area (Å²) in [6.45, 7) is 0. The summed E-state index contributed by atoms with van der Waals surface area (Å²) in [5, 5.41) is 0. The largest absolute Gasteiger partial charge is 0.207 e. The van der Waals surface area contributed by atoms with Crippen molar-refractivity contribution in [1.82, 2.24) is 0 Å². The molecule has 2 rings (SSSR count). The summed E-state index contributed by atoms with van der Waals surface area (Å²) >= 11 is 12.2. The highest BCUT2D eigenvalue weighted by molar-refractivity contribution is 9.12. The van der Waals surface area contributed by atoms with Crippen molar-refractivity contribution >= 4 is 59.1 Å². The monoisotopic (exact) mass is 440 g/mol. The van der Waals surface area contributed by atoms with Gasteiger partial charge in [-0.2, -0.15) is 0 Å². The molecule has 0 bridgehead atoms. The van der Waals surface area contributed by atoms with Crippen LogP contribution in [-0.4, -0.2) is 0 Å². The molecule has 0 nitrogen and oxygen atoms in total. The van der Waals surface area contributed by atoms with Crippen molar-refractivity contribution in [3.63, 3.8) is 0 Å². The van der Waals surface area contributed by atoms with E-state index in [4.69, 9.17) is 0 Å². The molecule has 1 aromatic carbocycles. The first-order valence-electron chi connectivity index (χ1n) is 4.90. The number of benzene rings is 1. The molecule has 90 valence electrons. The van der Waals surface area contributed by atoms with Crippen molar-refractivity contribution < 1.29 is 4.39 Å². The Bertz CT molecular complexity index is 524. The van der Waals surface area contributed by atoms with Gasteiger partial charge in [0.15, 0.2) is 0 Å². The maximum absolute atomic E-state index is 13.5. The summed E-state index contributed by atoms with van der Waals surface area (Å²) in [5.41, 5.74) is 1.87. The van der Waals surface area contributed by atoms with Crippen LogP contribution in [0, 0.1) is 5.82 Å². The third-order valence-electron chi connectivity index (χ3n) is 2.38. The molecule has 1 aromatic heterocycles. The normalized spacial score (nSPS) is 12.7. The van der Waals surface area contributed by atoms with Gasteiger partial charge in [-0.05, 0) is 61.5 Å². The van der Waals surface area contributed by atoms with Crippen LogP contribution in [-0.2, 0) is 6.42 Å². The van der Waals surface area contributed by atoms with Crippen molar-refractivity contribution in [3.8, 4) is 0 Å². The van der Waals surface area contributed by atoms with Crippen LogP contribution in [0.15, 0.2) is 37.9 Å². The van der Waals surface area contributed by atoms with Crippen LogP contribution in [0.3, 0.4) is 0 Å². The minimum Gasteiger partial charge on any atom is -0.207 e. The fourth-order valence-corrected chi connectivity index (χ4v) is 5.68. The molecule has 17 heavy (non-hydrogen) atoms. The summed E-state index contributed by atoms with van der Waals surface area (Å²) < 4.78 is 15.7. The van der Waals surface area contributed by atoms with E-state index >= 15 is 0 Å². The summed E-state index contributed by atoms with van der Waals surface area (Å²) in [4.78, 5) is 0.108. The lowest BCUT2D eigenvalue weighted by molar-refractivity contribution is 0.608. The zero-order valence-corrected chi connectivity index (χ0v) is 14.2. The Morgan fingerprint density at radius 2 is 1.94 bits per heavy atom. The Balaban J connectivity index is 2.20. The van der Waals surface area contributed by atoms with Gasteiger partial charge >= 0.3 is 0 Å². The highest BCUT2D eigenvalue weighted by Crippen LogP contribution is 2.40. The first-order valence-corrected chi connectivity index (χ1v) is 8.22. The number of halogens is 4. The predicted molar refractivity (Wildman–Crippen MR) is 81.5 cm³/mol. The van der Waals surface area contributed by atoms with E-state index in [0.717, 1.165) is 18.7 Å². The molecule has 2 aromatic rings. The van der Waals surface area contributed by atoms with Crippen LogP contribution in [0.4, 0.5) is 4.39 Å². The zero-order valence-electron chi connectivity index (χ0n) is 8.59. The molecular formula is C12H8Br3FS. The third-order valence-corrected chi connectivity index (χ3v) is 5.58. The van der Waals surface area contributed by atoms with Crippen LogP contribution in [0.25, 0.3) is 0 Å². The molecule has 0 aliphatic heterocycles. The second-order valence-corrected chi connectivity index (χ2v) is 8.40. The molecule has 0 fully saturated rings. The zero-order chi connectivity index (χ0) is 12.4. The van der Waals surface area contributed by atoms with Crippen molar-refractivity contribution in [2.75, 3.05) is 0 Å². The third kappa shape index (κ3) is 3.40. The lowest BCUT2D eigenvalue weighted by atomic mass is 10.1. The van der Waals surface area contributed by atoms with E-state index < -0.39 is 0 Å². The van der Waals surface area contributed by atoms with Crippen LogP contribution >= 0.6 is 59.1 Å². The second kappa shape index (κ2) is 5.95. The van der Waals surface area contributed by atoms with Crippen LogP contribution in [0.5, 0.6) is 0 Å². The maximum atomic E-state index is 13.5. The fourth-order valence-electron chi connectivity index (χ4n) is 1.53. The molecular weight excluding hydrogens is 435 g/mol. The Hall–Kier alpha value is 0.290. The van der Waals surface area contributed by atoms with E-state index in [1.54, 1.807) is 17.4 Å². The standard InChI is InChI=1S/C12H8Br3FS/c13-9(8-6-11(14)17-12(8)15)5-7-3-1-2-4-10(7)16/h1-4,6,9H,5H2. The molecule has 0 saturated carbocycles. The summed E-state index contributed by atoms with van der Waals surface area (Å²) in [6, 6.07) is 8.93. The summed E-state index contributed by atoms with van der Waals surface area (Å²) in [6.07, 6.45) is 0.633. The molecule has 0 amide bonds. The average molecular weight is 443 g/mol. The number of alkyl halides is 1. The molecule has 0 spiro atoms. The fraction of sp³-hybridized carbons (Fsp3) is 0.167. The molecule has 0 N–H and O–H groups in total.